The molecule has 1 N–H and O–H groups in total. The fraction of sp³-hybridized carbons (Fsp3) is 0.280. The molecule has 0 spiro atoms. The van der Waals surface area contributed by atoms with Crippen LogP contribution in [0.25, 0.3) is 22.2 Å². The van der Waals surface area contributed by atoms with Crippen LogP contribution in [0.1, 0.15) is 36.0 Å². The molecular weight excluding hydrogens is 356 g/mol. The topological polar surface area (TPSA) is 44.8 Å². The minimum atomic E-state index is 0.891. The van der Waals surface area contributed by atoms with Gasteiger partial charge in [0.05, 0.1) is 11.4 Å². The van der Waals surface area contributed by atoms with Crippen LogP contribution in [0.2, 0.25) is 0 Å². The van der Waals surface area contributed by atoms with Crippen molar-refractivity contribution in [3.63, 3.8) is 0 Å². The van der Waals surface area contributed by atoms with Gasteiger partial charge in [-0.15, -0.1) is 0 Å². The number of fused-ring (bicyclic) bond motifs is 2. The Morgan fingerprint density at radius 3 is 2.72 bits per heavy atom. The van der Waals surface area contributed by atoms with Gasteiger partial charge in [-0.05, 0) is 35.6 Å². The summed E-state index contributed by atoms with van der Waals surface area (Å²) < 4.78 is 0. The molecule has 146 valence electrons. The van der Waals surface area contributed by atoms with Gasteiger partial charge in [0.2, 0.25) is 0 Å². The van der Waals surface area contributed by atoms with E-state index in [0.717, 1.165) is 44.7 Å². The Balaban J connectivity index is 1.48. The second-order valence-electron chi connectivity index (χ2n) is 7.86. The number of aromatic amines is 1. The number of hydrogen-bond acceptors (Lipinski definition) is 3. The maximum Gasteiger partial charge on any atom is 0.128 e. The molecule has 0 amide bonds. The van der Waals surface area contributed by atoms with E-state index in [1.165, 1.54) is 39.0 Å². The number of para-hydroxylation sites is 1. The van der Waals surface area contributed by atoms with Gasteiger partial charge < -0.3 is 4.98 Å². The van der Waals surface area contributed by atoms with Crippen LogP contribution in [0.5, 0.6) is 0 Å². The van der Waals surface area contributed by atoms with Gasteiger partial charge >= 0.3 is 0 Å². The number of aryl methyl sites for hydroxylation is 1. The second kappa shape index (κ2) is 7.80. The Morgan fingerprint density at radius 2 is 1.86 bits per heavy atom. The first kappa shape index (κ1) is 18.1. The van der Waals surface area contributed by atoms with Crippen molar-refractivity contribution in [2.75, 3.05) is 6.54 Å². The van der Waals surface area contributed by atoms with E-state index in [0.29, 0.717) is 0 Å². The van der Waals surface area contributed by atoms with Crippen molar-refractivity contribution in [1.29, 1.82) is 0 Å². The van der Waals surface area contributed by atoms with Crippen molar-refractivity contribution >= 4 is 10.9 Å². The zero-order valence-corrected chi connectivity index (χ0v) is 16.9. The monoisotopic (exact) mass is 382 g/mol. The lowest BCUT2D eigenvalue weighted by molar-refractivity contribution is 0.242. The smallest absolute Gasteiger partial charge is 0.128 e. The van der Waals surface area contributed by atoms with Crippen LogP contribution >= 0.6 is 0 Å². The van der Waals surface area contributed by atoms with Gasteiger partial charge in [0.1, 0.15) is 5.82 Å². The average molecular weight is 383 g/mol. The molecule has 2 aromatic carbocycles. The van der Waals surface area contributed by atoms with Crippen molar-refractivity contribution < 1.29 is 0 Å². The Morgan fingerprint density at radius 1 is 1.03 bits per heavy atom. The fourth-order valence-corrected chi connectivity index (χ4v) is 4.32. The van der Waals surface area contributed by atoms with Gasteiger partial charge in [-0.2, -0.15) is 0 Å². The number of aromatic nitrogens is 3. The second-order valence-corrected chi connectivity index (χ2v) is 7.86. The SMILES string of the molecule is CCCc1ncc2c(n1)CN(Cc1c(-c3ccccc3)[nH]c3ccccc13)CC2. The quantitative estimate of drug-likeness (QED) is 0.520. The summed E-state index contributed by atoms with van der Waals surface area (Å²) in [5.41, 5.74) is 7.55. The summed E-state index contributed by atoms with van der Waals surface area (Å²) >= 11 is 0. The van der Waals surface area contributed by atoms with Crippen LogP contribution in [-0.4, -0.2) is 26.4 Å². The molecule has 0 fully saturated rings. The third-order valence-corrected chi connectivity index (χ3v) is 5.81. The summed E-state index contributed by atoms with van der Waals surface area (Å²) in [7, 11) is 0. The Labute approximate surface area is 171 Å². The van der Waals surface area contributed by atoms with E-state index in [2.05, 4.69) is 76.4 Å². The summed E-state index contributed by atoms with van der Waals surface area (Å²) in [4.78, 5) is 15.6. The van der Waals surface area contributed by atoms with E-state index >= 15 is 0 Å². The average Bonchev–Trinajstić information content (AvgIpc) is 3.13. The fourth-order valence-electron chi connectivity index (χ4n) is 4.32. The molecule has 4 nitrogen and oxygen atoms in total. The number of rotatable bonds is 5. The molecule has 2 aromatic heterocycles. The maximum atomic E-state index is 4.86. The Hall–Kier alpha value is -2.98. The minimum Gasteiger partial charge on any atom is -0.354 e. The first-order chi connectivity index (χ1) is 14.3. The van der Waals surface area contributed by atoms with Crippen LogP contribution < -0.4 is 0 Å². The summed E-state index contributed by atoms with van der Waals surface area (Å²) in [5.74, 6) is 0.977. The van der Waals surface area contributed by atoms with Crippen LogP contribution in [0.4, 0.5) is 0 Å². The normalized spacial score (nSPS) is 14.2. The van der Waals surface area contributed by atoms with E-state index in [1.54, 1.807) is 0 Å². The maximum absolute atomic E-state index is 4.86. The molecule has 3 heterocycles. The third-order valence-electron chi connectivity index (χ3n) is 5.81. The third kappa shape index (κ3) is 3.56. The highest BCUT2D eigenvalue weighted by molar-refractivity contribution is 5.90. The van der Waals surface area contributed by atoms with Crippen molar-refractivity contribution in [2.24, 2.45) is 0 Å². The van der Waals surface area contributed by atoms with Gasteiger partial charge in [-0.3, -0.25) is 4.90 Å². The summed E-state index contributed by atoms with van der Waals surface area (Å²) in [6, 6.07) is 19.3. The number of hydrogen-bond donors (Lipinski definition) is 1. The highest BCUT2D eigenvalue weighted by Crippen LogP contribution is 2.32. The molecule has 4 aromatic rings. The first-order valence-corrected chi connectivity index (χ1v) is 10.5. The predicted molar refractivity (Wildman–Crippen MR) is 118 cm³/mol. The van der Waals surface area contributed by atoms with Crippen molar-refractivity contribution in [2.45, 2.75) is 39.3 Å². The molecule has 0 radical (unpaired) electrons. The predicted octanol–water partition coefficient (Wildman–Crippen LogP) is 5.14. The molecule has 4 heteroatoms. The Kier molecular flexibility index (Phi) is 4.86. The highest BCUT2D eigenvalue weighted by atomic mass is 15.1. The summed E-state index contributed by atoms with van der Waals surface area (Å²) in [5, 5.41) is 1.31. The van der Waals surface area contributed by atoms with E-state index in [-0.39, 0.29) is 0 Å². The molecule has 5 rings (SSSR count). The molecule has 1 aliphatic heterocycles. The van der Waals surface area contributed by atoms with E-state index < -0.39 is 0 Å². The van der Waals surface area contributed by atoms with Gasteiger partial charge in [0, 0.05) is 43.2 Å². The number of nitrogens with zero attached hydrogens (tertiary/aromatic N) is 3. The Bertz CT molecular complexity index is 1130. The molecule has 0 atom stereocenters. The van der Waals surface area contributed by atoms with Gasteiger partial charge in [0.15, 0.2) is 0 Å². The lowest BCUT2D eigenvalue weighted by atomic mass is 10.0. The van der Waals surface area contributed by atoms with Gasteiger partial charge in [0.25, 0.3) is 0 Å². The molecule has 0 saturated heterocycles. The summed E-state index contributed by atoms with van der Waals surface area (Å²) in [6.45, 7) is 5.03. The van der Waals surface area contributed by atoms with E-state index in [4.69, 9.17) is 4.98 Å². The zero-order chi connectivity index (χ0) is 19.6. The van der Waals surface area contributed by atoms with E-state index in [9.17, 15) is 0 Å². The molecule has 0 unspecified atom stereocenters. The number of nitrogens with one attached hydrogen (secondary N) is 1. The first-order valence-electron chi connectivity index (χ1n) is 10.5. The van der Waals surface area contributed by atoms with Crippen molar-refractivity contribution in [3.05, 3.63) is 83.4 Å². The van der Waals surface area contributed by atoms with Crippen LogP contribution in [0, 0.1) is 0 Å². The highest BCUT2D eigenvalue weighted by Gasteiger charge is 2.21. The van der Waals surface area contributed by atoms with Crippen LogP contribution in [0.3, 0.4) is 0 Å². The minimum absolute atomic E-state index is 0.891. The zero-order valence-electron chi connectivity index (χ0n) is 16.9. The van der Waals surface area contributed by atoms with Crippen LogP contribution in [0.15, 0.2) is 60.8 Å². The number of benzene rings is 2. The lowest BCUT2D eigenvalue weighted by Crippen LogP contribution is -2.31. The van der Waals surface area contributed by atoms with Crippen molar-refractivity contribution in [3.8, 4) is 11.3 Å². The van der Waals surface area contributed by atoms with Crippen LogP contribution in [-0.2, 0) is 25.9 Å². The number of H-pyrrole nitrogens is 1. The largest absolute Gasteiger partial charge is 0.354 e. The van der Waals surface area contributed by atoms with Crippen molar-refractivity contribution in [1.82, 2.24) is 19.9 Å². The lowest BCUT2D eigenvalue weighted by Gasteiger charge is -2.28. The van der Waals surface area contributed by atoms with E-state index in [1.807, 2.05) is 6.20 Å². The molecule has 1 aliphatic rings. The molecule has 0 saturated carbocycles. The molecule has 0 bridgehead atoms. The summed E-state index contributed by atoms with van der Waals surface area (Å²) in [6.07, 6.45) is 5.10. The molecular formula is C25H26N4. The standard InChI is InChI=1S/C25H26N4/c1-2-8-24-26-15-19-13-14-29(17-23(19)27-24)16-21-20-11-6-7-12-22(20)28-25(21)18-9-4-3-5-10-18/h3-7,9-12,15,28H,2,8,13-14,16-17H2,1H3. The van der Waals surface area contributed by atoms with Gasteiger partial charge in [-0.25, -0.2) is 9.97 Å². The molecule has 0 aliphatic carbocycles. The molecule has 29 heavy (non-hydrogen) atoms. The van der Waals surface area contributed by atoms with Gasteiger partial charge in [-0.1, -0.05) is 55.5 Å².